The molecular weight excluding hydrogens is 584 g/mol. The minimum absolute atomic E-state index is 0.00153. The molecular formula is C30H26O14. The van der Waals surface area contributed by atoms with Gasteiger partial charge in [-0.05, 0) is 24.3 Å². The number of hydrogen-bond donors (Lipinski definition) is 12. The highest BCUT2D eigenvalue weighted by atomic mass is 16.5. The van der Waals surface area contributed by atoms with Crippen LogP contribution in [0, 0.1) is 0 Å². The molecule has 0 fully saturated rings. The second-order valence-electron chi connectivity index (χ2n) is 10.6. The molecule has 0 amide bonds. The van der Waals surface area contributed by atoms with Crippen LogP contribution in [0.4, 0.5) is 0 Å². The van der Waals surface area contributed by atoms with Crippen molar-refractivity contribution in [2.75, 3.05) is 0 Å². The van der Waals surface area contributed by atoms with Gasteiger partial charge in [-0.2, -0.15) is 0 Å². The molecule has 44 heavy (non-hydrogen) atoms. The summed E-state index contributed by atoms with van der Waals surface area (Å²) < 4.78 is 12.0. The van der Waals surface area contributed by atoms with Gasteiger partial charge in [-0.15, -0.1) is 0 Å². The summed E-state index contributed by atoms with van der Waals surface area (Å²) in [4.78, 5) is 0. The number of rotatable bonds is 3. The maximum Gasteiger partial charge on any atom is 0.200 e. The Morgan fingerprint density at radius 2 is 1.05 bits per heavy atom. The number of phenols is 10. The van der Waals surface area contributed by atoms with Crippen LogP contribution in [0.5, 0.6) is 69.0 Å². The molecule has 0 bridgehead atoms. The van der Waals surface area contributed by atoms with Crippen molar-refractivity contribution in [3.05, 3.63) is 70.3 Å². The first-order chi connectivity index (χ1) is 20.8. The van der Waals surface area contributed by atoms with Crippen LogP contribution in [0.15, 0.2) is 42.5 Å². The molecule has 230 valence electrons. The zero-order chi connectivity index (χ0) is 31.8. The Bertz CT molecular complexity index is 1770. The van der Waals surface area contributed by atoms with Gasteiger partial charge >= 0.3 is 0 Å². The van der Waals surface area contributed by atoms with E-state index in [1.807, 2.05) is 0 Å². The fourth-order valence-corrected chi connectivity index (χ4v) is 5.85. The number of benzene rings is 4. The van der Waals surface area contributed by atoms with Crippen LogP contribution in [-0.2, 0) is 6.42 Å². The maximum atomic E-state index is 11.8. The van der Waals surface area contributed by atoms with Crippen molar-refractivity contribution in [2.45, 2.75) is 36.8 Å². The van der Waals surface area contributed by atoms with Gasteiger partial charge in [0, 0.05) is 52.4 Å². The highest BCUT2D eigenvalue weighted by molar-refractivity contribution is 5.66. The van der Waals surface area contributed by atoms with Gasteiger partial charge < -0.3 is 70.8 Å². The third kappa shape index (κ3) is 4.35. The molecule has 0 aromatic heterocycles. The molecule has 4 aromatic rings. The monoisotopic (exact) mass is 610 g/mol. The number of aromatic hydroxyl groups is 10. The molecule has 2 aliphatic rings. The highest BCUT2D eigenvalue weighted by Crippen LogP contribution is 2.57. The molecule has 0 saturated heterocycles. The molecule has 0 radical (unpaired) electrons. The molecule has 0 spiro atoms. The standard InChI is InChI=1S/C30H26O14/c31-11-5-14(33)22-21(6-11)43-29(10-3-18(37)26(41)19(38)4-10)27(42)24(22)23-15(34)8-13(32)12-7-20(39)28(44-30(12)23)9-1-16(35)25(40)17(36)2-9/h1-6,8,20,24,27-29,31-42H,7H2/t20-,24+,27-,28+,29+/m0/s1. The Morgan fingerprint density at radius 1 is 0.523 bits per heavy atom. The second-order valence-corrected chi connectivity index (χ2v) is 10.6. The van der Waals surface area contributed by atoms with Crippen LogP contribution >= 0.6 is 0 Å². The van der Waals surface area contributed by atoms with Gasteiger partial charge in [0.15, 0.2) is 46.7 Å². The molecule has 6 rings (SSSR count). The molecule has 0 unspecified atom stereocenters. The Balaban J connectivity index is 1.56. The quantitative estimate of drug-likeness (QED) is 0.149. The average Bonchev–Trinajstić information content (AvgIpc) is 2.95. The summed E-state index contributed by atoms with van der Waals surface area (Å²) >= 11 is 0. The number of aliphatic hydroxyl groups is 2. The van der Waals surface area contributed by atoms with Gasteiger partial charge in [0.05, 0.1) is 12.0 Å². The van der Waals surface area contributed by atoms with Crippen LogP contribution in [0.1, 0.15) is 45.9 Å². The molecule has 2 heterocycles. The molecule has 2 aliphatic heterocycles. The lowest BCUT2D eigenvalue weighted by Gasteiger charge is -2.40. The third-order valence-electron chi connectivity index (χ3n) is 7.86. The van der Waals surface area contributed by atoms with E-state index in [9.17, 15) is 61.3 Å². The summed E-state index contributed by atoms with van der Waals surface area (Å²) in [6.07, 6.45) is -6.26. The minimum Gasteiger partial charge on any atom is -0.508 e. The minimum atomic E-state index is -1.75. The molecule has 5 atom stereocenters. The largest absolute Gasteiger partial charge is 0.508 e. The second kappa shape index (κ2) is 10.00. The van der Waals surface area contributed by atoms with Crippen LogP contribution < -0.4 is 9.47 Å². The Labute approximate surface area is 247 Å². The van der Waals surface area contributed by atoms with E-state index in [4.69, 9.17) is 9.47 Å². The zero-order valence-electron chi connectivity index (χ0n) is 22.3. The highest BCUT2D eigenvalue weighted by Gasteiger charge is 2.46. The predicted molar refractivity (Wildman–Crippen MR) is 147 cm³/mol. The van der Waals surface area contributed by atoms with Crippen LogP contribution in [0.2, 0.25) is 0 Å². The first-order valence-electron chi connectivity index (χ1n) is 13.1. The Hall–Kier alpha value is -5.60. The van der Waals surface area contributed by atoms with Crippen molar-refractivity contribution in [1.29, 1.82) is 0 Å². The van der Waals surface area contributed by atoms with Gasteiger partial charge in [0.1, 0.15) is 40.6 Å². The van der Waals surface area contributed by atoms with Crippen molar-refractivity contribution in [1.82, 2.24) is 0 Å². The van der Waals surface area contributed by atoms with E-state index in [-0.39, 0.29) is 45.7 Å². The molecule has 0 aliphatic carbocycles. The van der Waals surface area contributed by atoms with E-state index in [0.717, 1.165) is 42.5 Å². The Kier molecular flexibility index (Phi) is 6.48. The number of fused-ring (bicyclic) bond motifs is 2. The van der Waals surface area contributed by atoms with Gasteiger partial charge in [0.25, 0.3) is 0 Å². The molecule has 0 saturated carbocycles. The van der Waals surface area contributed by atoms with Crippen molar-refractivity contribution < 1.29 is 70.8 Å². The van der Waals surface area contributed by atoms with Gasteiger partial charge in [0.2, 0.25) is 0 Å². The third-order valence-corrected chi connectivity index (χ3v) is 7.86. The smallest absolute Gasteiger partial charge is 0.200 e. The zero-order valence-corrected chi connectivity index (χ0v) is 22.3. The fraction of sp³-hybridized carbons (Fsp3) is 0.200. The summed E-state index contributed by atoms with van der Waals surface area (Å²) in [6.45, 7) is 0. The summed E-state index contributed by atoms with van der Waals surface area (Å²) in [5, 5.41) is 126. The van der Waals surface area contributed by atoms with Crippen LogP contribution in [0.3, 0.4) is 0 Å². The van der Waals surface area contributed by atoms with Crippen LogP contribution in [0.25, 0.3) is 0 Å². The first kappa shape index (κ1) is 28.5. The first-order valence-corrected chi connectivity index (χ1v) is 13.1. The van der Waals surface area contributed by atoms with E-state index < -0.39 is 87.8 Å². The number of ether oxygens (including phenoxy) is 2. The SMILES string of the molecule is Oc1cc(O)c2c(c1)O[C@H](c1cc(O)c(O)c(O)c1)[C@@H](O)[C@H]2c1c(O)cc(O)c2c1O[C@H](c1cc(O)c(O)c(O)c1)[C@@H](O)C2. The van der Waals surface area contributed by atoms with E-state index in [1.165, 1.54) is 0 Å². The van der Waals surface area contributed by atoms with Crippen molar-refractivity contribution in [3.63, 3.8) is 0 Å². The normalized spacial score (nSPS) is 22.4. The van der Waals surface area contributed by atoms with Crippen molar-refractivity contribution in [2.24, 2.45) is 0 Å². The maximum absolute atomic E-state index is 11.8. The van der Waals surface area contributed by atoms with Gasteiger partial charge in [-0.25, -0.2) is 0 Å². The van der Waals surface area contributed by atoms with Crippen LogP contribution in [-0.4, -0.2) is 73.5 Å². The van der Waals surface area contributed by atoms with E-state index >= 15 is 0 Å². The fourth-order valence-electron chi connectivity index (χ4n) is 5.85. The molecule has 12 N–H and O–H groups in total. The molecule has 14 heteroatoms. The van der Waals surface area contributed by atoms with E-state index in [2.05, 4.69) is 0 Å². The van der Waals surface area contributed by atoms with Crippen molar-refractivity contribution >= 4 is 0 Å². The van der Waals surface area contributed by atoms with E-state index in [0.29, 0.717) is 0 Å². The number of hydrogen-bond acceptors (Lipinski definition) is 14. The lowest BCUT2D eigenvalue weighted by Crippen LogP contribution is -2.36. The predicted octanol–water partition coefficient (Wildman–Crippen LogP) is 2.41. The number of aliphatic hydroxyl groups excluding tert-OH is 2. The van der Waals surface area contributed by atoms with E-state index in [1.54, 1.807) is 0 Å². The molecule has 4 aromatic carbocycles. The van der Waals surface area contributed by atoms with Gasteiger partial charge in [-0.3, -0.25) is 0 Å². The summed E-state index contributed by atoms with van der Waals surface area (Å²) in [5.74, 6) is -8.60. The molecule has 14 nitrogen and oxygen atoms in total. The summed E-state index contributed by atoms with van der Waals surface area (Å²) in [7, 11) is 0. The lowest BCUT2D eigenvalue weighted by atomic mass is 9.77. The van der Waals surface area contributed by atoms with Crippen molar-refractivity contribution in [3.8, 4) is 69.0 Å². The topological polar surface area (TPSA) is 261 Å². The lowest BCUT2D eigenvalue weighted by molar-refractivity contribution is 0.00106. The van der Waals surface area contributed by atoms with Gasteiger partial charge in [-0.1, -0.05) is 0 Å². The summed E-state index contributed by atoms with van der Waals surface area (Å²) in [5.41, 5.74) is -0.410. The average molecular weight is 611 g/mol. The summed E-state index contributed by atoms with van der Waals surface area (Å²) in [6, 6.07) is 7.08. The number of phenolic OH excluding ortho intramolecular Hbond substituents is 10. The Morgan fingerprint density at radius 3 is 1.61 bits per heavy atom.